The average molecular weight is 402 g/mol. The fraction of sp³-hybridized carbons (Fsp3) is 0.360. The number of nitrogens with zero attached hydrogens (tertiary/aromatic N) is 2. The number of amides is 1. The molecular formula is C25H26N2O3. The molecule has 1 fully saturated rings. The highest BCUT2D eigenvalue weighted by Gasteiger charge is 2.36. The van der Waals surface area contributed by atoms with Crippen LogP contribution in [-0.4, -0.2) is 28.5 Å². The highest BCUT2D eigenvalue weighted by Crippen LogP contribution is 2.35. The molecule has 4 heterocycles. The summed E-state index contributed by atoms with van der Waals surface area (Å²) in [5, 5.41) is 0. The number of furan rings is 1. The second-order valence-corrected chi connectivity index (χ2v) is 8.63. The summed E-state index contributed by atoms with van der Waals surface area (Å²) in [5.41, 5.74) is 3.42. The van der Waals surface area contributed by atoms with Gasteiger partial charge in [0.05, 0.1) is 0 Å². The number of fused-ring (bicyclic) bond motifs is 4. The van der Waals surface area contributed by atoms with Crippen molar-refractivity contribution < 1.29 is 9.21 Å². The number of aryl methyl sites for hydroxylation is 2. The number of carbonyl (C=O) groups is 1. The molecule has 2 aliphatic heterocycles. The summed E-state index contributed by atoms with van der Waals surface area (Å²) >= 11 is 0. The minimum Gasteiger partial charge on any atom is -0.461 e. The maximum atomic E-state index is 12.9. The van der Waals surface area contributed by atoms with E-state index in [2.05, 4.69) is 31.2 Å². The third-order valence-corrected chi connectivity index (χ3v) is 6.42. The Morgan fingerprint density at radius 2 is 1.87 bits per heavy atom. The molecule has 1 saturated heterocycles. The van der Waals surface area contributed by atoms with Gasteiger partial charge in [-0.1, -0.05) is 35.9 Å². The van der Waals surface area contributed by atoms with Crippen molar-refractivity contribution in [3.05, 3.63) is 82.0 Å². The fourth-order valence-electron chi connectivity index (χ4n) is 4.87. The molecule has 0 N–H and O–H groups in total. The predicted molar refractivity (Wildman–Crippen MR) is 115 cm³/mol. The van der Waals surface area contributed by atoms with Gasteiger partial charge < -0.3 is 13.9 Å². The molecule has 2 unspecified atom stereocenters. The van der Waals surface area contributed by atoms with Crippen LogP contribution >= 0.6 is 0 Å². The van der Waals surface area contributed by atoms with Crippen LogP contribution in [0.3, 0.4) is 0 Å². The highest BCUT2D eigenvalue weighted by molar-refractivity contribution is 5.76. The summed E-state index contributed by atoms with van der Waals surface area (Å²) < 4.78 is 7.87. The first-order valence-electron chi connectivity index (χ1n) is 10.7. The number of aromatic nitrogens is 1. The molecule has 0 aliphatic carbocycles. The topological polar surface area (TPSA) is 55.5 Å². The van der Waals surface area contributed by atoms with Gasteiger partial charge >= 0.3 is 0 Å². The van der Waals surface area contributed by atoms with Crippen molar-refractivity contribution in [3.8, 4) is 11.3 Å². The Balaban J connectivity index is 1.23. The van der Waals surface area contributed by atoms with E-state index < -0.39 is 0 Å². The second kappa shape index (κ2) is 7.63. The molecule has 1 amide bonds. The van der Waals surface area contributed by atoms with E-state index in [0.717, 1.165) is 35.7 Å². The number of hydrogen-bond acceptors (Lipinski definition) is 3. The maximum Gasteiger partial charge on any atom is 0.250 e. The number of hydrogen-bond donors (Lipinski definition) is 0. The van der Waals surface area contributed by atoms with Crippen LogP contribution in [0.1, 0.15) is 35.8 Å². The third kappa shape index (κ3) is 3.60. The van der Waals surface area contributed by atoms with Gasteiger partial charge in [0, 0.05) is 55.7 Å². The standard InChI is InChI=1S/C25H26N2O3/c1-17-5-7-19(8-6-17)23-11-9-21(30-23)10-12-24(28)26-14-18-13-20(16-26)22-3-2-4-25(29)27(22)15-18/h2-9,11,18,20H,10,12-16H2,1H3. The number of likely N-dealkylation sites (tertiary alicyclic amines) is 1. The molecule has 30 heavy (non-hydrogen) atoms. The first-order valence-corrected chi connectivity index (χ1v) is 10.7. The van der Waals surface area contributed by atoms with Gasteiger partial charge in [0.2, 0.25) is 5.91 Å². The summed E-state index contributed by atoms with van der Waals surface area (Å²) in [5.74, 6) is 2.47. The van der Waals surface area contributed by atoms with Gasteiger partial charge in [-0.15, -0.1) is 0 Å². The van der Waals surface area contributed by atoms with Crippen molar-refractivity contribution in [1.82, 2.24) is 9.47 Å². The van der Waals surface area contributed by atoms with Crippen LogP contribution in [-0.2, 0) is 17.8 Å². The van der Waals surface area contributed by atoms with Gasteiger partial charge in [0.25, 0.3) is 5.56 Å². The summed E-state index contributed by atoms with van der Waals surface area (Å²) in [6.07, 6.45) is 2.11. The van der Waals surface area contributed by atoms with E-state index in [9.17, 15) is 9.59 Å². The maximum absolute atomic E-state index is 12.9. The lowest BCUT2D eigenvalue weighted by Crippen LogP contribution is -2.49. The third-order valence-electron chi connectivity index (χ3n) is 6.42. The van der Waals surface area contributed by atoms with Crippen molar-refractivity contribution in [2.75, 3.05) is 13.1 Å². The lowest BCUT2D eigenvalue weighted by molar-refractivity contribution is -0.134. The molecule has 2 aromatic heterocycles. The molecule has 0 saturated carbocycles. The monoisotopic (exact) mass is 402 g/mol. The molecule has 2 aliphatic rings. The lowest BCUT2D eigenvalue weighted by atomic mass is 9.83. The minimum absolute atomic E-state index is 0.0733. The summed E-state index contributed by atoms with van der Waals surface area (Å²) in [6.45, 7) is 4.22. The van der Waals surface area contributed by atoms with Crippen LogP contribution in [0.5, 0.6) is 0 Å². The fourth-order valence-corrected chi connectivity index (χ4v) is 4.87. The summed E-state index contributed by atoms with van der Waals surface area (Å²) in [7, 11) is 0. The van der Waals surface area contributed by atoms with Crippen LogP contribution in [0.15, 0.2) is 63.8 Å². The number of piperidine rings is 1. The van der Waals surface area contributed by atoms with E-state index >= 15 is 0 Å². The molecular weight excluding hydrogens is 376 g/mol. The average Bonchev–Trinajstić information content (AvgIpc) is 3.22. The first-order chi connectivity index (χ1) is 14.6. The Labute approximate surface area is 175 Å². The van der Waals surface area contributed by atoms with E-state index in [4.69, 9.17) is 4.42 Å². The smallest absolute Gasteiger partial charge is 0.250 e. The Morgan fingerprint density at radius 3 is 2.70 bits per heavy atom. The normalized spacial score (nSPS) is 20.1. The van der Waals surface area contributed by atoms with E-state index in [1.54, 1.807) is 6.07 Å². The molecule has 2 atom stereocenters. The highest BCUT2D eigenvalue weighted by atomic mass is 16.3. The van der Waals surface area contributed by atoms with E-state index in [1.807, 2.05) is 33.7 Å². The molecule has 1 aromatic carbocycles. The largest absolute Gasteiger partial charge is 0.461 e. The molecule has 5 heteroatoms. The van der Waals surface area contributed by atoms with Crippen molar-refractivity contribution in [3.63, 3.8) is 0 Å². The van der Waals surface area contributed by atoms with Gasteiger partial charge in [0.1, 0.15) is 11.5 Å². The Kier molecular flexibility index (Phi) is 4.81. The molecule has 154 valence electrons. The van der Waals surface area contributed by atoms with Crippen LogP contribution in [0.4, 0.5) is 0 Å². The van der Waals surface area contributed by atoms with Gasteiger partial charge in [-0.25, -0.2) is 0 Å². The Morgan fingerprint density at radius 1 is 1.03 bits per heavy atom. The lowest BCUT2D eigenvalue weighted by Gasteiger charge is -2.42. The molecule has 5 nitrogen and oxygen atoms in total. The zero-order valence-electron chi connectivity index (χ0n) is 17.2. The zero-order valence-corrected chi connectivity index (χ0v) is 17.2. The number of rotatable bonds is 4. The molecule has 0 spiro atoms. The van der Waals surface area contributed by atoms with Gasteiger partial charge in [-0.05, 0) is 37.5 Å². The Bertz CT molecular complexity index is 1130. The summed E-state index contributed by atoms with van der Waals surface area (Å²) in [6, 6.07) is 17.7. The second-order valence-electron chi connectivity index (χ2n) is 8.63. The van der Waals surface area contributed by atoms with Crippen LogP contribution < -0.4 is 5.56 Å². The van der Waals surface area contributed by atoms with Crippen LogP contribution in [0.2, 0.25) is 0 Å². The number of benzene rings is 1. The van der Waals surface area contributed by atoms with E-state index in [1.165, 1.54) is 5.56 Å². The molecule has 5 rings (SSSR count). The van der Waals surface area contributed by atoms with Crippen LogP contribution in [0, 0.1) is 12.8 Å². The Hall–Kier alpha value is -3.08. The molecule has 0 radical (unpaired) electrons. The minimum atomic E-state index is 0.0733. The van der Waals surface area contributed by atoms with Crippen molar-refractivity contribution in [2.45, 2.75) is 38.6 Å². The van der Waals surface area contributed by atoms with Crippen molar-refractivity contribution in [1.29, 1.82) is 0 Å². The quantitative estimate of drug-likeness (QED) is 0.663. The number of carbonyl (C=O) groups excluding carboxylic acids is 1. The van der Waals surface area contributed by atoms with Gasteiger partial charge in [-0.2, -0.15) is 0 Å². The number of pyridine rings is 1. The summed E-state index contributed by atoms with van der Waals surface area (Å²) in [4.78, 5) is 27.1. The van der Waals surface area contributed by atoms with E-state index in [0.29, 0.717) is 31.8 Å². The zero-order chi connectivity index (χ0) is 20.7. The van der Waals surface area contributed by atoms with Crippen molar-refractivity contribution >= 4 is 5.91 Å². The molecule has 3 aromatic rings. The van der Waals surface area contributed by atoms with Crippen LogP contribution in [0.25, 0.3) is 11.3 Å². The predicted octanol–water partition coefficient (Wildman–Crippen LogP) is 4.00. The van der Waals surface area contributed by atoms with Crippen molar-refractivity contribution in [2.24, 2.45) is 5.92 Å². The molecule has 2 bridgehead atoms. The SMILES string of the molecule is Cc1ccc(-c2ccc(CCC(=O)N3CC4CC(C3)c3cccc(=O)n3C4)o2)cc1. The first kappa shape index (κ1) is 18.9. The van der Waals surface area contributed by atoms with Gasteiger partial charge in [-0.3, -0.25) is 9.59 Å². The van der Waals surface area contributed by atoms with Gasteiger partial charge in [0.15, 0.2) is 0 Å². The van der Waals surface area contributed by atoms with E-state index in [-0.39, 0.29) is 17.4 Å².